The zero-order valence-electron chi connectivity index (χ0n) is 11.2. The van der Waals surface area contributed by atoms with Crippen LogP contribution in [0.2, 0.25) is 0 Å². The van der Waals surface area contributed by atoms with Gasteiger partial charge >= 0.3 is 0 Å². The Morgan fingerprint density at radius 3 is 2.76 bits per heavy atom. The van der Waals surface area contributed by atoms with E-state index in [9.17, 15) is 0 Å². The molecule has 2 rings (SSSR count). The number of rotatable bonds is 5. The number of nitrogens with two attached hydrogens (primary N) is 1. The van der Waals surface area contributed by atoms with Gasteiger partial charge in [-0.3, -0.25) is 4.90 Å². The third-order valence-electron chi connectivity index (χ3n) is 4.26. The normalized spacial score (nSPS) is 39.0. The van der Waals surface area contributed by atoms with Gasteiger partial charge in [0.2, 0.25) is 0 Å². The van der Waals surface area contributed by atoms with Crippen LogP contribution in [0.25, 0.3) is 0 Å². The molecule has 2 fully saturated rings. The standard InChI is InChI=1S/C13H26N2OS/c1-3-12-9-15(5-6-17-12)13(10-14)7-11(8-13)16-4-2/h11-12H,3-10,14H2,1-2H3. The lowest BCUT2D eigenvalue weighted by Gasteiger charge is -2.55. The third kappa shape index (κ3) is 2.80. The smallest absolute Gasteiger partial charge is 0.0611 e. The van der Waals surface area contributed by atoms with E-state index < -0.39 is 0 Å². The summed E-state index contributed by atoms with van der Waals surface area (Å²) in [5.41, 5.74) is 6.30. The van der Waals surface area contributed by atoms with E-state index in [1.54, 1.807) is 0 Å². The zero-order chi connectivity index (χ0) is 12.3. The molecule has 3 nitrogen and oxygen atoms in total. The second-order valence-corrected chi connectivity index (χ2v) is 6.67. The molecule has 0 aromatic heterocycles. The molecule has 1 heterocycles. The summed E-state index contributed by atoms with van der Waals surface area (Å²) in [5.74, 6) is 1.26. The van der Waals surface area contributed by atoms with E-state index in [-0.39, 0.29) is 5.54 Å². The fourth-order valence-electron chi connectivity index (χ4n) is 3.09. The van der Waals surface area contributed by atoms with Gasteiger partial charge in [0.1, 0.15) is 0 Å². The highest BCUT2D eigenvalue weighted by Crippen LogP contribution is 2.41. The van der Waals surface area contributed by atoms with Gasteiger partial charge in [0, 0.05) is 42.8 Å². The fraction of sp³-hybridized carbons (Fsp3) is 1.00. The molecule has 1 saturated carbocycles. The Bertz CT molecular complexity index is 244. The molecule has 1 atom stereocenters. The van der Waals surface area contributed by atoms with Crippen molar-refractivity contribution in [2.45, 2.75) is 50.0 Å². The lowest BCUT2D eigenvalue weighted by molar-refractivity contribution is -0.0990. The Labute approximate surface area is 109 Å². The first kappa shape index (κ1) is 13.7. The van der Waals surface area contributed by atoms with Crippen molar-refractivity contribution < 1.29 is 4.74 Å². The van der Waals surface area contributed by atoms with Crippen molar-refractivity contribution in [3.63, 3.8) is 0 Å². The van der Waals surface area contributed by atoms with E-state index in [0.29, 0.717) is 6.10 Å². The molecule has 2 N–H and O–H groups in total. The average Bonchev–Trinajstić information content (AvgIpc) is 2.33. The van der Waals surface area contributed by atoms with E-state index in [1.165, 1.54) is 25.3 Å². The number of hydrogen-bond acceptors (Lipinski definition) is 4. The summed E-state index contributed by atoms with van der Waals surface area (Å²) in [6.07, 6.45) is 4.01. The first-order valence-corrected chi connectivity index (χ1v) is 7.97. The second kappa shape index (κ2) is 5.91. The van der Waals surface area contributed by atoms with Crippen LogP contribution in [0.1, 0.15) is 33.1 Å². The van der Waals surface area contributed by atoms with Crippen molar-refractivity contribution in [2.24, 2.45) is 5.73 Å². The molecule has 1 unspecified atom stereocenters. The van der Waals surface area contributed by atoms with Gasteiger partial charge in [-0.2, -0.15) is 11.8 Å². The minimum Gasteiger partial charge on any atom is -0.378 e. The van der Waals surface area contributed by atoms with Crippen LogP contribution in [0, 0.1) is 0 Å². The van der Waals surface area contributed by atoms with Gasteiger partial charge in [-0.1, -0.05) is 6.92 Å². The Morgan fingerprint density at radius 2 is 2.18 bits per heavy atom. The predicted octanol–water partition coefficient (Wildman–Crippen LogP) is 1.71. The van der Waals surface area contributed by atoms with Crippen LogP contribution < -0.4 is 5.73 Å². The molecule has 17 heavy (non-hydrogen) atoms. The number of thioether (sulfide) groups is 1. The highest BCUT2D eigenvalue weighted by Gasteiger charge is 2.48. The van der Waals surface area contributed by atoms with Crippen molar-refractivity contribution in [1.82, 2.24) is 4.90 Å². The number of hydrogen-bond donors (Lipinski definition) is 1. The highest BCUT2D eigenvalue weighted by atomic mass is 32.2. The minimum absolute atomic E-state index is 0.258. The Kier molecular flexibility index (Phi) is 4.75. The fourth-order valence-corrected chi connectivity index (χ4v) is 4.27. The van der Waals surface area contributed by atoms with E-state index in [0.717, 1.165) is 31.2 Å². The van der Waals surface area contributed by atoms with Gasteiger partial charge in [0.25, 0.3) is 0 Å². The van der Waals surface area contributed by atoms with Crippen LogP contribution in [0.4, 0.5) is 0 Å². The summed E-state index contributed by atoms with van der Waals surface area (Å²) in [5, 5.41) is 0.804. The topological polar surface area (TPSA) is 38.5 Å². The Balaban J connectivity index is 1.90. The average molecular weight is 258 g/mol. The van der Waals surface area contributed by atoms with Crippen LogP contribution in [0.5, 0.6) is 0 Å². The molecule has 0 amide bonds. The summed E-state index contributed by atoms with van der Waals surface area (Å²) >= 11 is 2.13. The Morgan fingerprint density at radius 1 is 1.41 bits per heavy atom. The maximum atomic E-state index is 6.04. The van der Waals surface area contributed by atoms with Crippen LogP contribution in [0.15, 0.2) is 0 Å². The van der Waals surface area contributed by atoms with E-state index in [4.69, 9.17) is 10.5 Å². The van der Waals surface area contributed by atoms with Crippen LogP contribution in [0.3, 0.4) is 0 Å². The van der Waals surface area contributed by atoms with Crippen LogP contribution in [-0.2, 0) is 4.74 Å². The van der Waals surface area contributed by atoms with Gasteiger partial charge in [0.05, 0.1) is 6.10 Å². The van der Waals surface area contributed by atoms with Gasteiger partial charge in [-0.05, 0) is 26.2 Å². The predicted molar refractivity (Wildman–Crippen MR) is 74.5 cm³/mol. The molecule has 0 spiro atoms. The molecule has 0 bridgehead atoms. The van der Waals surface area contributed by atoms with Crippen molar-refractivity contribution in [1.29, 1.82) is 0 Å². The number of ether oxygens (including phenoxy) is 1. The highest BCUT2D eigenvalue weighted by molar-refractivity contribution is 8.00. The van der Waals surface area contributed by atoms with Gasteiger partial charge < -0.3 is 10.5 Å². The van der Waals surface area contributed by atoms with Crippen LogP contribution >= 0.6 is 11.8 Å². The maximum absolute atomic E-state index is 6.04. The quantitative estimate of drug-likeness (QED) is 0.815. The molecule has 2 aliphatic rings. The lowest BCUT2D eigenvalue weighted by Crippen LogP contribution is -2.66. The lowest BCUT2D eigenvalue weighted by atomic mass is 9.72. The second-order valence-electron chi connectivity index (χ2n) is 5.26. The van der Waals surface area contributed by atoms with Crippen molar-refractivity contribution in [2.75, 3.05) is 32.0 Å². The molecular formula is C13H26N2OS. The first-order valence-electron chi connectivity index (χ1n) is 6.92. The zero-order valence-corrected chi connectivity index (χ0v) is 12.0. The first-order chi connectivity index (χ1) is 8.24. The summed E-state index contributed by atoms with van der Waals surface area (Å²) in [7, 11) is 0. The summed E-state index contributed by atoms with van der Waals surface area (Å²) in [6, 6.07) is 0. The molecule has 0 aromatic carbocycles. The molecule has 100 valence electrons. The molecule has 1 aliphatic carbocycles. The monoisotopic (exact) mass is 258 g/mol. The largest absolute Gasteiger partial charge is 0.378 e. The van der Waals surface area contributed by atoms with Crippen molar-refractivity contribution >= 4 is 11.8 Å². The molecule has 1 saturated heterocycles. The SMILES string of the molecule is CCOC1CC(CN)(N2CCSC(CC)C2)C1. The van der Waals surface area contributed by atoms with Crippen LogP contribution in [-0.4, -0.2) is 53.8 Å². The minimum atomic E-state index is 0.258. The van der Waals surface area contributed by atoms with E-state index in [1.807, 2.05) is 0 Å². The molecule has 0 radical (unpaired) electrons. The molecule has 1 aliphatic heterocycles. The van der Waals surface area contributed by atoms with Crippen molar-refractivity contribution in [3.8, 4) is 0 Å². The third-order valence-corrected chi connectivity index (χ3v) is 5.63. The molecule has 0 aromatic rings. The van der Waals surface area contributed by atoms with E-state index >= 15 is 0 Å². The van der Waals surface area contributed by atoms with Gasteiger partial charge in [-0.25, -0.2) is 0 Å². The van der Waals surface area contributed by atoms with Gasteiger partial charge in [-0.15, -0.1) is 0 Å². The molecular weight excluding hydrogens is 232 g/mol. The Hall–Kier alpha value is 0.230. The summed E-state index contributed by atoms with van der Waals surface area (Å²) in [4.78, 5) is 2.65. The van der Waals surface area contributed by atoms with Gasteiger partial charge in [0.15, 0.2) is 0 Å². The summed E-state index contributed by atoms with van der Waals surface area (Å²) < 4.78 is 5.69. The summed E-state index contributed by atoms with van der Waals surface area (Å²) in [6.45, 7) is 8.41. The molecule has 4 heteroatoms. The van der Waals surface area contributed by atoms with E-state index in [2.05, 4.69) is 30.5 Å². The maximum Gasteiger partial charge on any atom is 0.0611 e. The number of nitrogens with zero attached hydrogens (tertiary/aromatic N) is 1. The van der Waals surface area contributed by atoms with Crippen molar-refractivity contribution in [3.05, 3.63) is 0 Å².